The third-order valence-corrected chi connectivity index (χ3v) is 3.23. The molecule has 0 atom stereocenters. The molecule has 0 amide bonds. The smallest absolute Gasteiger partial charge is 0.141 e. The van der Waals surface area contributed by atoms with Gasteiger partial charge in [0.1, 0.15) is 11.5 Å². The summed E-state index contributed by atoms with van der Waals surface area (Å²) in [7, 11) is 0. The van der Waals surface area contributed by atoms with E-state index in [9.17, 15) is 0 Å². The second-order valence-electron chi connectivity index (χ2n) is 4.32. The van der Waals surface area contributed by atoms with Crippen LogP contribution < -0.4 is 9.47 Å². The predicted molar refractivity (Wildman–Crippen MR) is 81.6 cm³/mol. The van der Waals surface area contributed by atoms with Crippen LogP contribution in [0.4, 0.5) is 0 Å². The Labute approximate surface area is 126 Å². The first-order valence-corrected chi connectivity index (χ1v) is 7.48. The van der Waals surface area contributed by atoms with E-state index >= 15 is 0 Å². The van der Waals surface area contributed by atoms with Crippen LogP contribution in [0.2, 0.25) is 10.0 Å². The van der Waals surface area contributed by atoms with E-state index in [1.165, 1.54) is 0 Å². The van der Waals surface area contributed by atoms with Crippen molar-refractivity contribution in [2.24, 2.45) is 0 Å². The maximum atomic E-state index is 6.10. The predicted octanol–water partition coefficient (Wildman–Crippen LogP) is 5.56. The van der Waals surface area contributed by atoms with E-state index < -0.39 is 0 Å². The third-order valence-electron chi connectivity index (χ3n) is 2.64. The fourth-order valence-corrected chi connectivity index (χ4v) is 2.04. The van der Waals surface area contributed by atoms with E-state index in [0.717, 1.165) is 32.1 Å². The first-order valence-electron chi connectivity index (χ1n) is 6.73. The van der Waals surface area contributed by atoms with Gasteiger partial charge in [-0.1, -0.05) is 56.3 Å². The Morgan fingerprint density at radius 1 is 0.947 bits per heavy atom. The number of hydrogen-bond acceptors (Lipinski definition) is 2. The normalized spacial score (nSPS) is 10.5. The molecular formula is C15H21Cl2O2. The summed E-state index contributed by atoms with van der Waals surface area (Å²) in [5.41, 5.74) is 0. The van der Waals surface area contributed by atoms with E-state index in [1.54, 1.807) is 12.1 Å². The van der Waals surface area contributed by atoms with Crippen LogP contribution in [0.3, 0.4) is 0 Å². The van der Waals surface area contributed by atoms with Crippen molar-refractivity contribution in [2.75, 3.05) is 13.2 Å². The molecule has 1 radical (unpaired) electrons. The highest BCUT2D eigenvalue weighted by Crippen LogP contribution is 2.36. The molecule has 0 N–H and O–H groups in total. The van der Waals surface area contributed by atoms with Gasteiger partial charge in [0.2, 0.25) is 0 Å². The van der Waals surface area contributed by atoms with Crippen molar-refractivity contribution < 1.29 is 9.47 Å². The zero-order valence-electron chi connectivity index (χ0n) is 11.4. The Morgan fingerprint density at radius 2 is 1.53 bits per heavy atom. The third kappa shape index (κ3) is 5.92. The lowest BCUT2D eigenvalue weighted by atomic mass is 10.2. The highest BCUT2D eigenvalue weighted by molar-refractivity contribution is 6.36. The topological polar surface area (TPSA) is 18.5 Å². The van der Waals surface area contributed by atoms with Crippen LogP contribution in [0.25, 0.3) is 0 Å². The average Bonchev–Trinajstić information content (AvgIpc) is 2.39. The summed E-state index contributed by atoms with van der Waals surface area (Å²) >= 11 is 12.2. The van der Waals surface area contributed by atoms with Crippen molar-refractivity contribution in [3.8, 4) is 11.5 Å². The lowest BCUT2D eigenvalue weighted by molar-refractivity contribution is 0.294. The van der Waals surface area contributed by atoms with Crippen LogP contribution in [0, 0.1) is 6.92 Å². The summed E-state index contributed by atoms with van der Waals surface area (Å²) in [6.07, 6.45) is 5.07. The van der Waals surface area contributed by atoms with Gasteiger partial charge in [-0.05, 0) is 18.9 Å². The standard InChI is InChI=1S/C15H21Cl2O2/c1-3-5-7-9-19-15-11-14(18-8-6-4-2)12(16)10-13(15)17/h10-11H,2-9H2,1H3. The van der Waals surface area contributed by atoms with Gasteiger partial charge in [0.15, 0.2) is 0 Å². The van der Waals surface area contributed by atoms with Crippen LogP contribution in [-0.4, -0.2) is 13.2 Å². The average molecular weight is 304 g/mol. The second kappa shape index (κ2) is 9.33. The highest BCUT2D eigenvalue weighted by Gasteiger charge is 2.09. The van der Waals surface area contributed by atoms with Crippen LogP contribution in [0.1, 0.15) is 39.0 Å². The van der Waals surface area contributed by atoms with Gasteiger partial charge in [-0.2, -0.15) is 0 Å². The second-order valence-corrected chi connectivity index (χ2v) is 5.14. The molecule has 0 aliphatic rings. The number of ether oxygens (including phenoxy) is 2. The van der Waals surface area contributed by atoms with Crippen molar-refractivity contribution >= 4 is 23.2 Å². The summed E-state index contributed by atoms with van der Waals surface area (Å²) in [6.45, 7) is 7.18. The zero-order chi connectivity index (χ0) is 14.1. The minimum atomic E-state index is 0.509. The maximum absolute atomic E-state index is 6.10. The van der Waals surface area contributed by atoms with Gasteiger partial charge in [0.05, 0.1) is 23.3 Å². The van der Waals surface area contributed by atoms with Crippen molar-refractivity contribution in [1.29, 1.82) is 0 Å². The Kier molecular flexibility index (Phi) is 8.08. The fraction of sp³-hybridized carbons (Fsp3) is 0.533. The van der Waals surface area contributed by atoms with E-state index in [0.29, 0.717) is 34.8 Å². The van der Waals surface area contributed by atoms with Gasteiger partial charge in [0.25, 0.3) is 0 Å². The SMILES string of the molecule is [CH2]CCCOc1cc(OCCCCC)c(Cl)cc1Cl. The summed E-state index contributed by atoms with van der Waals surface area (Å²) in [5, 5.41) is 1.03. The first kappa shape index (κ1) is 16.5. The molecule has 0 spiro atoms. The Hall–Kier alpha value is -0.600. The van der Waals surface area contributed by atoms with E-state index in [1.807, 2.05) is 0 Å². The summed E-state index contributed by atoms with van der Waals surface area (Å²) in [5.74, 6) is 1.25. The van der Waals surface area contributed by atoms with Gasteiger partial charge < -0.3 is 9.47 Å². The number of benzene rings is 1. The molecule has 0 unspecified atom stereocenters. The van der Waals surface area contributed by atoms with Crippen molar-refractivity contribution in [3.05, 3.63) is 29.1 Å². The highest BCUT2D eigenvalue weighted by atomic mass is 35.5. The summed E-state index contributed by atoms with van der Waals surface area (Å²) < 4.78 is 11.2. The Balaban J connectivity index is 2.61. The maximum Gasteiger partial charge on any atom is 0.141 e. The Morgan fingerprint density at radius 3 is 2.05 bits per heavy atom. The summed E-state index contributed by atoms with van der Waals surface area (Å²) in [4.78, 5) is 0. The molecule has 1 rings (SSSR count). The minimum Gasteiger partial charge on any atom is -0.492 e. The van der Waals surface area contributed by atoms with Gasteiger partial charge in [-0.3, -0.25) is 0 Å². The molecule has 0 aliphatic carbocycles. The molecule has 19 heavy (non-hydrogen) atoms. The van der Waals surface area contributed by atoms with Crippen LogP contribution in [0.5, 0.6) is 11.5 Å². The van der Waals surface area contributed by atoms with E-state index in [2.05, 4.69) is 13.8 Å². The molecule has 2 nitrogen and oxygen atoms in total. The van der Waals surface area contributed by atoms with E-state index in [4.69, 9.17) is 32.7 Å². The van der Waals surface area contributed by atoms with Gasteiger partial charge in [-0.25, -0.2) is 0 Å². The first-order chi connectivity index (χ1) is 9.19. The molecule has 1 aromatic carbocycles. The van der Waals surface area contributed by atoms with Crippen molar-refractivity contribution in [3.63, 3.8) is 0 Å². The Bertz CT molecular complexity index is 381. The molecule has 107 valence electrons. The molecule has 0 fully saturated rings. The number of halogens is 2. The molecule has 0 aliphatic heterocycles. The molecule has 0 aromatic heterocycles. The number of rotatable bonds is 9. The summed E-state index contributed by atoms with van der Waals surface area (Å²) in [6, 6.07) is 3.43. The van der Waals surface area contributed by atoms with Gasteiger partial charge in [0, 0.05) is 6.07 Å². The molecule has 4 heteroatoms. The zero-order valence-corrected chi connectivity index (χ0v) is 12.9. The van der Waals surface area contributed by atoms with Crippen LogP contribution in [-0.2, 0) is 0 Å². The molecule has 0 heterocycles. The van der Waals surface area contributed by atoms with Crippen LogP contribution in [0.15, 0.2) is 12.1 Å². The quantitative estimate of drug-likeness (QED) is 0.556. The van der Waals surface area contributed by atoms with Crippen LogP contribution >= 0.6 is 23.2 Å². The largest absolute Gasteiger partial charge is 0.492 e. The van der Waals surface area contributed by atoms with E-state index in [-0.39, 0.29) is 0 Å². The number of hydrogen-bond donors (Lipinski definition) is 0. The molecule has 0 saturated carbocycles. The van der Waals surface area contributed by atoms with Gasteiger partial charge >= 0.3 is 0 Å². The molecular weight excluding hydrogens is 283 g/mol. The molecule has 1 aromatic rings. The lowest BCUT2D eigenvalue weighted by Gasteiger charge is -2.12. The number of unbranched alkanes of at least 4 members (excludes halogenated alkanes) is 3. The van der Waals surface area contributed by atoms with Crippen molar-refractivity contribution in [1.82, 2.24) is 0 Å². The fourth-order valence-electron chi connectivity index (χ4n) is 1.55. The molecule has 0 bridgehead atoms. The van der Waals surface area contributed by atoms with Gasteiger partial charge in [-0.15, -0.1) is 0 Å². The van der Waals surface area contributed by atoms with Crippen molar-refractivity contribution in [2.45, 2.75) is 39.0 Å². The lowest BCUT2D eigenvalue weighted by Crippen LogP contribution is -2.00. The minimum absolute atomic E-state index is 0.509. The monoisotopic (exact) mass is 303 g/mol. The molecule has 0 saturated heterocycles.